The number of methoxy groups -OCH3 is 1. The van der Waals surface area contributed by atoms with Crippen LogP contribution < -0.4 is 10.6 Å². The summed E-state index contributed by atoms with van der Waals surface area (Å²) in [5, 5.41) is 32.6. The summed E-state index contributed by atoms with van der Waals surface area (Å²) < 4.78 is 16.8. The van der Waals surface area contributed by atoms with Gasteiger partial charge in [-0.1, -0.05) is 60.4 Å². The number of piperazine rings is 3. The second kappa shape index (κ2) is 30.6. The van der Waals surface area contributed by atoms with Gasteiger partial charge in [0.25, 0.3) is 0 Å². The molecule has 5 aromatic heterocycles. The number of carbonyl (C=O) groups excluding carboxylic acids is 2. The number of ether oxygens (including phenoxy) is 2. The Kier molecular flexibility index (Phi) is 22.8. The number of aryl methyl sites for hydroxylation is 2. The molecule has 8 heterocycles. The Bertz CT molecular complexity index is 4250. The summed E-state index contributed by atoms with van der Waals surface area (Å²) in [5.74, 6) is -0.442. The highest BCUT2D eigenvalue weighted by molar-refractivity contribution is 9.11. The number of fused-ring (bicyclic) bond motifs is 6. The van der Waals surface area contributed by atoms with Crippen molar-refractivity contribution < 1.29 is 29.3 Å². The van der Waals surface area contributed by atoms with Crippen molar-refractivity contribution in [3.05, 3.63) is 223 Å². The van der Waals surface area contributed by atoms with Gasteiger partial charge in [0.05, 0.1) is 84.3 Å². The van der Waals surface area contributed by atoms with Crippen LogP contribution in [-0.2, 0) is 39.6 Å². The van der Waals surface area contributed by atoms with Crippen LogP contribution in [0.5, 0.6) is 0 Å². The highest BCUT2D eigenvalue weighted by Crippen LogP contribution is 2.49. The fraction of sp³-hybridized carbons (Fsp3) is 0.365. The molecule has 3 fully saturated rings. The first-order valence-corrected chi connectivity index (χ1v) is 35.9. The Morgan fingerprint density at radius 3 is 1.25 bits per heavy atom. The molecule has 0 bridgehead atoms. The molecule has 5 atom stereocenters. The fourth-order valence-corrected chi connectivity index (χ4v) is 15.6. The molecule has 520 valence electrons. The average molecular weight is 1590 g/mol. The summed E-state index contributed by atoms with van der Waals surface area (Å²) in [5.41, 5.74) is 11.5. The molecule has 0 spiro atoms. The van der Waals surface area contributed by atoms with E-state index in [1.54, 1.807) is 36.1 Å². The minimum Gasteiger partial charge on any atom is -0.465 e. The van der Waals surface area contributed by atoms with Gasteiger partial charge >= 0.3 is 12.1 Å². The van der Waals surface area contributed by atoms with Crippen molar-refractivity contribution in [1.29, 1.82) is 0 Å². The van der Waals surface area contributed by atoms with E-state index in [4.69, 9.17) is 59.2 Å². The molecule has 14 rings (SSSR count). The number of rotatable bonds is 8. The maximum absolute atomic E-state index is 12.8. The summed E-state index contributed by atoms with van der Waals surface area (Å²) in [6.07, 6.45) is 17.9. The van der Waals surface area contributed by atoms with Crippen molar-refractivity contribution in [3.8, 4) is 0 Å². The summed E-state index contributed by atoms with van der Waals surface area (Å²) >= 11 is 29.9. The van der Waals surface area contributed by atoms with Crippen LogP contribution >= 0.6 is 82.6 Å². The molecule has 3 aliphatic heterocycles. The lowest BCUT2D eigenvalue weighted by atomic mass is 9.85. The Labute approximate surface area is 618 Å². The standard InChI is InChI=1S/C25H27BrClN3O4.2C24H25BrClN5O.CH4/c1-25(2,3)34-24(32)30-9-7-29(8-10-30)22-18-6-5-17(27)11-15(18)12-20(23(31)33-4)19-13-16(26)14-28-21(19)22;2*1-24(32,21-13-28-14-30(21)2)20-10-15-9-17(26)3-4-18(15)23(31-7-5-27-6-8-31)22-19(20)11-16(25)12-29-22;/h5-6,11-14,22H,7-10H2,1-4H3;2*3-4,9-14,23,27,32H,5-8H2,1-2H3;1H4/t;2*23-,24?;/m.11./s1. The van der Waals surface area contributed by atoms with Gasteiger partial charge in [-0.3, -0.25) is 29.7 Å². The van der Waals surface area contributed by atoms with Crippen molar-refractivity contribution >= 4 is 130 Å². The Morgan fingerprint density at radius 2 is 0.889 bits per heavy atom. The Morgan fingerprint density at radius 1 is 0.525 bits per heavy atom. The van der Waals surface area contributed by atoms with Crippen molar-refractivity contribution in [2.24, 2.45) is 14.1 Å². The van der Waals surface area contributed by atoms with Crippen LogP contribution in [0.1, 0.15) is 139 Å². The van der Waals surface area contributed by atoms with Gasteiger partial charge in [0.2, 0.25) is 0 Å². The monoisotopic (exact) mass is 1590 g/mol. The molecular formula is C74H81Br3Cl3N13O6. The molecule has 3 aromatic carbocycles. The number of pyridine rings is 3. The summed E-state index contributed by atoms with van der Waals surface area (Å²) in [4.78, 5) is 57.3. The number of amides is 1. The molecule has 4 N–H and O–H groups in total. The van der Waals surface area contributed by atoms with E-state index in [9.17, 15) is 19.8 Å². The van der Waals surface area contributed by atoms with E-state index in [0.29, 0.717) is 63.8 Å². The van der Waals surface area contributed by atoms with Crippen molar-refractivity contribution in [2.75, 3.05) is 85.6 Å². The van der Waals surface area contributed by atoms with E-state index in [0.717, 1.165) is 139 Å². The summed E-state index contributed by atoms with van der Waals surface area (Å²) in [6.45, 7) is 18.9. The third kappa shape index (κ3) is 15.6. The smallest absolute Gasteiger partial charge is 0.410 e. The maximum atomic E-state index is 12.8. The minimum absolute atomic E-state index is 0. The Hall–Kier alpha value is -6.48. The van der Waals surface area contributed by atoms with E-state index < -0.39 is 22.8 Å². The van der Waals surface area contributed by atoms with Gasteiger partial charge in [-0.15, -0.1) is 0 Å². The van der Waals surface area contributed by atoms with E-state index in [2.05, 4.69) is 120 Å². The molecule has 99 heavy (non-hydrogen) atoms. The topological polar surface area (TPSA) is 204 Å². The normalized spacial score (nSPS) is 19.7. The first-order valence-electron chi connectivity index (χ1n) is 32.4. The number of nitrogens with one attached hydrogen (secondary N) is 2. The fourth-order valence-electron chi connectivity index (χ4n) is 14.0. The molecule has 8 aromatic rings. The number of benzene rings is 3. The van der Waals surface area contributed by atoms with Gasteiger partial charge in [0.1, 0.15) is 16.8 Å². The van der Waals surface area contributed by atoms with Crippen LogP contribution in [0.2, 0.25) is 15.1 Å². The minimum atomic E-state index is -1.29. The first-order chi connectivity index (χ1) is 46.8. The Balaban J connectivity index is 0.000000149. The molecule has 19 nitrogen and oxygen atoms in total. The van der Waals surface area contributed by atoms with Gasteiger partial charge in [-0.05, 0) is 200 Å². The van der Waals surface area contributed by atoms with Crippen molar-refractivity contribution in [3.63, 3.8) is 0 Å². The zero-order chi connectivity index (χ0) is 69.5. The van der Waals surface area contributed by atoms with Crippen molar-refractivity contribution in [1.82, 2.24) is 64.3 Å². The first kappa shape index (κ1) is 73.7. The highest BCUT2D eigenvalue weighted by atomic mass is 79.9. The molecule has 3 saturated heterocycles. The predicted octanol–water partition coefficient (Wildman–Crippen LogP) is 13.8. The van der Waals surface area contributed by atoms with E-state index >= 15 is 0 Å². The van der Waals surface area contributed by atoms with Gasteiger partial charge in [-0.25, -0.2) is 19.6 Å². The van der Waals surface area contributed by atoms with Gasteiger partial charge < -0.3 is 44.4 Å². The molecular weight excluding hydrogens is 1510 g/mol. The number of nitrogens with zero attached hydrogens (tertiary/aromatic N) is 11. The van der Waals surface area contributed by atoms with E-state index in [-0.39, 0.29) is 31.6 Å². The zero-order valence-electron chi connectivity index (χ0n) is 55.6. The average Bonchev–Trinajstić information content (AvgIpc) is 1.63. The van der Waals surface area contributed by atoms with Crippen LogP contribution in [0.15, 0.2) is 130 Å². The van der Waals surface area contributed by atoms with Crippen LogP contribution in [0.25, 0.3) is 34.9 Å². The highest BCUT2D eigenvalue weighted by Gasteiger charge is 2.42. The number of hydrogen-bond donors (Lipinski definition) is 4. The largest absolute Gasteiger partial charge is 0.465 e. The second-order valence-corrected chi connectivity index (χ2v) is 30.5. The number of carbonyl (C=O) groups is 2. The number of aromatic nitrogens is 7. The second-order valence-electron chi connectivity index (χ2n) is 26.5. The number of imidazole rings is 2. The molecule has 6 aliphatic rings. The van der Waals surface area contributed by atoms with Crippen LogP contribution in [0.4, 0.5) is 4.79 Å². The molecule has 25 heteroatoms. The third-order valence-electron chi connectivity index (χ3n) is 18.7. The number of hydrogen-bond acceptors (Lipinski definition) is 16. The van der Waals surface area contributed by atoms with Crippen LogP contribution in [0, 0.1) is 0 Å². The van der Waals surface area contributed by atoms with Crippen molar-refractivity contribution in [2.45, 2.75) is 77.0 Å². The maximum Gasteiger partial charge on any atom is 0.410 e. The molecule has 3 unspecified atom stereocenters. The van der Waals surface area contributed by atoms with Crippen LogP contribution in [0.3, 0.4) is 0 Å². The molecule has 0 saturated carbocycles. The van der Waals surface area contributed by atoms with Gasteiger partial charge in [-0.2, -0.15) is 0 Å². The number of esters is 1. The molecule has 3 aliphatic carbocycles. The summed E-state index contributed by atoms with van der Waals surface area (Å²) in [7, 11) is 5.15. The lowest BCUT2D eigenvalue weighted by Crippen LogP contribution is -2.51. The van der Waals surface area contributed by atoms with E-state index in [1.807, 2.05) is 125 Å². The number of aliphatic hydroxyl groups is 2. The summed E-state index contributed by atoms with van der Waals surface area (Å²) in [6, 6.07) is 23.4. The molecule has 0 radical (unpaired) electrons. The zero-order valence-corrected chi connectivity index (χ0v) is 62.7. The predicted molar refractivity (Wildman–Crippen MR) is 402 cm³/mol. The third-order valence-corrected chi connectivity index (χ3v) is 20.7. The number of halogens is 6. The lowest BCUT2D eigenvalue weighted by molar-refractivity contribution is -0.133. The SMILES string of the molecule is C.COC(=O)C1=Cc2cc(Cl)ccc2C(N2CCN(C(=O)OC(C)(C)C)CC2)c2ncc(Br)cc21.Cn1cncc1C(C)(O)C1=Cc2cc(Cl)ccc2[C@@H](N2CCNCC2)c2ncc(Br)cc21.Cn1cncc1C(C)(O)C1=Cc2cc(Cl)ccc2[C@@H](N2CCNCC2)c2ncc(Br)cc21. The lowest BCUT2D eigenvalue weighted by Gasteiger charge is -2.40. The van der Waals surface area contributed by atoms with E-state index in [1.165, 1.54) is 7.11 Å². The quantitative estimate of drug-likeness (QED) is 0.104. The van der Waals surface area contributed by atoms with Gasteiger partial charge in [0, 0.05) is 156 Å². The van der Waals surface area contributed by atoms with Gasteiger partial charge in [0.15, 0.2) is 0 Å². The van der Waals surface area contributed by atoms with Crippen LogP contribution in [-0.4, -0.2) is 167 Å². The molecule has 1 amide bonds.